The van der Waals surface area contributed by atoms with Crippen molar-refractivity contribution in [3.63, 3.8) is 0 Å². The van der Waals surface area contributed by atoms with Gasteiger partial charge in [-0.25, -0.2) is 0 Å². The van der Waals surface area contributed by atoms with E-state index in [0.717, 1.165) is 44.9 Å². The van der Waals surface area contributed by atoms with E-state index in [1.807, 2.05) is 17.0 Å². The molecule has 5 heteroatoms. The van der Waals surface area contributed by atoms with Gasteiger partial charge < -0.3 is 19.4 Å². The number of hydrogen-bond acceptors (Lipinski definition) is 4. The zero-order chi connectivity index (χ0) is 19.5. The highest BCUT2D eigenvalue weighted by Gasteiger charge is 2.27. The summed E-state index contributed by atoms with van der Waals surface area (Å²) in [5, 5.41) is 0. The van der Waals surface area contributed by atoms with Crippen molar-refractivity contribution >= 4 is 17.3 Å². The number of fused-ring (bicyclic) bond motifs is 1. The van der Waals surface area contributed by atoms with Crippen LogP contribution in [-0.2, 0) is 11.2 Å². The maximum Gasteiger partial charge on any atom is 0.224 e. The minimum Gasteiger partial charge on any atom is -0.497 e. The summed E-state index contributed by atoms with van der Waals surface area (Å²) in [6.45, 7) is 6.38. The van der Waals surface area contributed by atoms with Crippen LogP contribution >= 0.6 is 0 Å². The first-order valence-corrected chi connectivity index (χ1v) is 10.2. The lowest BCUT2D eigenvalue weighted by Gasteiger charge is -2.36. The van der Waals surface area contributed by atoms with E-state index < -0.39 is 0 Å². The number of piperazine rings is 1. The van der Waals surface area contributed by atoms with Crippen molar-refractivity contribution in [1.82, 2.24) is 4.90 Å². The maximum absolute atomic E-state index is 12.8. The van der Waals surface area contributed by atoms with Crippen molar-refractivity contribution in [3.05, 3.63) is 54.1 Å². The normalized spacial score (nSPS) is 18.9. The Morgan fingerprint density at radius 2 is 1.75 bits per heavy atom. The molecule has 28 heavy (non-hydrogen) atoms. The molecule has 1 unspecified atom stereocenters. The number of benzene rings is 2. The van der Waals surface area contributed by atoms with Crippen molar-refractivity contribution in [1.29, 1.82) is 0 Å². The van der Waals surface area contributed by atoms with E-state index >= 15 is 0 Å². The Bertz CT molecular complexity index is 813. The second-order valence-corrected chi connectivity index (χ2v) is 7.69. The molecule has 0 aromatic heterocycles. The number of rotatable bonds is 5. The van der Waals surface area contributed by atoms with E-state index in [4.69, 9.17) is 4.74 Å². The van der Waals surface area contributed by atoms with Crippen molar-refractivity contribution in [2.24, 2.45) is 0 Å². The summed E-state index contributed by atoms with van der Waals surface area (Å²) < 4.78 is 5.23. The molecule has 1 saturated heterocycles. The Morgan fingerprint density at radius 3 is 2.46 bits per heavy atom. The second kappa shape index (κ2) is 8.13. The molecular weight excluding hydrogens is 350 g/mol. The maximum atomic E-state index is 12.8. The summed E-state index contributed by atoms with van der Waals surface area (Å²) >= 11 is 0. The van der Waals surface area contributed by atoms with Gasteiger partial charge in [-0.15, -0.1) is 0 Å². The fourth-order valence-corrected chi connectivity index (χ4v) is 4.35. The van der Waals surface area contributed by atoms with Crippen LogP contribution in [-0.4, -0.2) is 56.7 Å². The summed E-state index contributed by atoms with van der Waals surface area (Å²) in [6.07, 6.45) is 1.66. The minimum absolute atomic E-state index is 0.269. The van der Waals surface area contributed by atoms with Crippen LogP contribution in [0, 0.1) is 0 Å². The molecule has 2 aliphatic heterocycles. The van der Waals surface area contributed by atoms with Gasteiger partial charge in [-0.1, -0.05) is 18.2 Å². The van der Waals surface area contributed by atoms with Crippen LogP contribution in [0.2, 0.25) is 0 Å². The zero-order valence-corrected chi connectivity index (χ0v) is 16.8. The van der Waals surface area contributed by atoms with Gasteiger partial charge in [0, 0.05) is 56.6 Å². The van der Waals surface area contributed by atoms with Crippen molar-refractivity contribution < 1.29 is 9.53 Å². The van der Waals surface area contributed by atoms with Crippen molar-refractivity contribution in [2.45, 2.75) is 25.8 Å². The first-order valence-electron chi connectivity index (χ1n) is 10.2. The molecule has 0 bridgehead atoms. The molecule has 0 radical (unpaired) electrons. The van der Waals surface area contributed by atoms with Gasteiger partial charge in [0.1, 0.15) is 5.75 Å². The van der Waals surface area contributed by atoms with Crippen LogP contribution in [0.3, 0.4) is 0 Å². The van der Waals surface area contributed by atoms with E-state index in [2.05, 4.69) is 53.1 Å². The van der Waals surface area contributed by atoms with Crippen LogP contribution in [0.25, 0.3) is 0 Å². The number of amides is 1. The third-order valence-electron chi connectivity index (χ3n) is 5.98. The van der Waals surface area contributed by atoms with Gasteiger partial charge in [0.2, 0.25) is 5.91 Å². The molecule has 2 aromatic rings. The summed E-state index contributed by atoms with van der Waals surface area (Å²) in [7, 11) is 1.68. The lowest BCUT2D eigenvalue weighted by Crippen LogP contribution is -2.49. The summed E-state index contributed by atoms with van der Waals surface area (Å²) in [5.74, 6) is 1.14. The molecule has 148 valence electrons. The predicted molar refractivity (Wildman–Crippen MR) is 113 cm³/mol. The third kappa shape index (κ3) is 3.79. The first kappa shape index (κ1) is 18.7. The second-order valence-electron chi connectivity index (χ2n) is 7.69. The number of methoxy groups -OCH3 is 1. The van der Waals surface area contributed by atoms with Gasteiger partial charge in [-0.05, 0) is 49.2 Å². The number of carbonyl (C=O) groups excluding carboxylic acids is 1. The summed E-state index contributed by atoms with van der Waals surface area (Å²) in [6, 6.07) is 17.2. The standard InChI is InChI=1S/C23H29N3O2/c1-18-17-19-5-3-4-6-22(19)26(18)12-11-23(27)25-15-13-24(14-16-25)20-7-9-21(28-2)10-8-20/h3-10,18H,11-17H2,1-2H3. The molecule has 2 aliphatic rings. The van der Waals surface area contributed by atoms with E-state index in [0.29, 0.717) is 12.5 Å². The highest BCUT2D eigenvalue weighted by Crippen LogP contribution is 2.31. The molecule has 1 amide bonds. The molecule has 0 spiro atoms. The van der Waals surface area contributed by atoms with Crippen molar-refractivity contribution in [2.75, 3.05) is 49.6 Å². The van der Waals surface area contributed by atoms with Crippen molar-refractivity contribution in [3.8, 4) is 5.75 Å². The molecule has 2 aromatic carbocycles. The Kier molecular flexibility index (Phi) is 5.42. The minimum atomic E-state index is 0.269. The number of hydrogen-bond donors (Lipinski definition) is 0. The number of carbonyl (C=O) groups is 1. The molecule has 0 aliphatic carbocycles. The average Bonchev–Trinajstić information content (AvgIpc) is 3.07. The third-order valence-corrected chi connectivity index (χ3v) is 5.98. The molecular formula is C23H29N3O2. The Morgan fingerprint density at radius 1 is 1.04 bits per heavy atom. The highest BCUT2D eigenvalue weighted by molar-refractivity contribution is 5.77. The largest absolute Gasteiger partial charge is 0.497 e. The SMILES string of the molecule is COc1ccc(N2CCN(C(=O)CCN3c4ccccc4CC3C)CC2)cc1. The molecule has 1 fully saturated rings. The van der Waals surface area contributed by atoms with Gasteiger partial charge in [-0.2, -0.15) is 0 Å². The zero-order valence-electron chi connectivity index (χ0n) is 16.8. The van der Waals surface area contributed by atoms with Gasteiger partial charge in [0.05, 0.1) is 7.11 Å². The van der Waals surface area contributed by atoms with Crippen LogP contribution in [0.1, 0.15) is 18.9 Å². The summed E-state index contributed by atoms with van der Waals surface area (Å²) in [4.78, 5) is 19.5. The molecule has 0 N–H and O–H groups in total. The van der Waals surface area contributed by atoms with Gasteiger partial charge in [0.15, 0.2) is 0 Å². The van der Waals surface area contributed by atoms with E-state index in [1.165, 1.54) is 16.9 Å². The van der Waals surface area contributed by atoms with E-state index in [9.17, 15) is 4.79 Å². The van der Waals surface area contributed by atoms with Crippen LogP contribution < -0.4 is 14.5 Å². The molecule has 0 saturated carbocycles. The summed E-state index contributed by atoms with van der Waals surface area (Å²) in [5.41, 5.74) is 3.89. The van der Waals surface area contributed by atoms with E-state index in [-0.39, 0.29) is 5.91 Å². The predicted octanol–water partition coefficient (Wildman–Crippen LogP) is 3.19. The van der Waals surface area contributed by atoms with E-state index in [1.54, 1.807) is 7.11 Å². The fourth-order valence-electron chi connectivity index (χ4n) is 4.35. The molecule has 1 atom stereocenters. The van der Waals surface area contributed by atoms with Gasteiger partial charge in [0.25, 0.3) is 0 Å². The topological polar surface area (TPSA) is 36.0 Å². The Labute approximate surface area is 167 Å². The number of para-hydroxylation sites is 1. The smallest absolute Gasteiger partial charge is 0.224 e. The lowest BCUT2D eigenvalue weighted by molar-refractivity contribution is -0.131. The number of ether oxygens (including phenoxy) is 1. The Hall–Kier alpha value is -2.69. The fraction of sp³-hybridized carbons (Fsp3) is 0.435. The number of anilines is 2. The number of nitrogens with zero attached hydrogens (tertiary/aromatic N) is 3. The monoisotopic (exact) mass is 379 g/mol. The van der Waals surface area contributed by atoms with Crippen LogP contribution in [0.4, 0.5) is 11.4 Å². The highest BCUT2D eigenvalue weighted by atomic mass is 16.5. The molecule has 4 rings (SSSR count). The molecule has 5 nitrogen and oxygen atoms in total. The van der Waals surface area contributed by atoms with Crippen LogP contribution in [0.15, 0.2) is 48.5 Å². The van der Waals surface area contributed by atoms with Gasteiger partial charge in [-0.3, -0.25) is 4.79 Å². The first-order chi connectivity index (χ1) is 13.7. The molecule has 2 heterocycles. The quantitative estimate of drug-likeness (QED) is 0.799. The van der Waals surface area contributed by atoms with Crippen LogP contribution in [0.5, 0.6) is 5.75 Å². The Balaban J connectivity index is 1.28. The average molecular weight is 380 g/mol. The lowest BCUT2D eigenvalue weighted by atomic mass is 10.1. The van der Waals surface area contributed by atoms with Gasteiger partial charge >= 0.3 is 0 Å².